The van der Waals surface area contributed by atoms with E-state index < -0.39 is 6.10 Å². The van der Waals surface area contributed by atoms with Crippen LogP contribution in [-0.4, -0.2) is 31.8 Å². The average Bonchev–Trinajstić information content (AvgIpc) is 3.07. The minimum absolute atomic E-state index is 0.152. The van der Waals surface area contributed by atoms with E-state index in [4.69, 9.17) is 14.2 Å². The maximum atomic E-state index is 12.5. The summed E-state index contributed by atoms with van der Waals surface area (Å²) in [7, 11) is 1.67. The van der Waals surface area contributed by atoms with Crippen LogP contribution in [0.2, 0.25) is 0 Å². The van der Waals surface area contributed by atoms with Gasteiger partial charge >= 0.3 is 0 Å². The van der Waals surface area contributed by atoms with Crippen LogP contribution in [0.4, 0.5) is 11.4 Å². The van der Waals surface area contributed by atoms with Crippen LogP contribution in [0.15, 0.2) is 36.4 Å². The van der Waals surface area contributed by atoms with Crippen molar-refractivity contribution in [1.82, 2.24) is 0 Å². The fraction of sp³-hybridized carbons (Fsp3) is 0.222. The molecule has 0 bridgehead atoms. The second-order valence-electron chi connectivity index (χ2n) is 5.86. The molecule has 7 nitrogen and oxygen atoms in total. The number of anilines is 2. The lowest BCUT2D eigenvalue weighted by Gasteiger charge is -2.30. The van der Waals surface area contributed by atoms with Crippen molar-refractivity contribution < 1.29 is 23.8 Å². The molecule has 7 heteroatoms. The second-order valence-corrected chi connectivity index (χ2v) is 5.86. The number of hydrogen-bond acceptors (Lipinski definition) is 5. The van der Waals surface area contributed by atoms with Gasteiger partial charge in [0.25, 0.3) is 11.8 Å². The number of hydrogen-bond donors (Lipinski definition) is 1. The van der Waals surface area contributed by atoms with E-state index in [1.165, 1.54) is 4.90 Å². The van der Waals surface area contributed by atoms with Gasteiger partial charge < -0.3 is 24.4 Å². The zero-order valence-corrected chi connectivity index (χ0v) is 13.7. The minimum Gasteiger partial charge on any atom is -0.479 e. The van der Waals surface area contributed by atoms with Gasteiger partial charge in [-0.3, -0.25) is 9.59 Å². The molecular formula is C18H16N2O5. The molecule has 0 aliphatic carbocycles. The van der Waals surface area contributed by atoms with E-state index in [2.05, 4.69) is 5.32 Å². The van der Waals surface area contributed by atoms with E-state index in [0.29, 0.717) is 34.2 Å². The molecule has 0 spiro atoms. The van der Waals surface area contributed by atoms with Gasteiger partial charge in [0.1, 0.15) is 5.75 Å². The molecule has 2 aromatic carbocycles. The molecule has 0 fully saturated rings. The molecule has 1 unspecified atom stereocenters. The Hall–Kier alpha value is -3.22. The van der Waals surface area contributed by atoms with Crippen molar-refractivity contribution in [2.75, 3.05) is 24.1 Å². The quantitative estimate of drug-likeness (QED) is 0.908. The highest BCUT2D eigenvalue weighted by Gasteiger charge is 2.29. The van der Waals surface area contributed by atoms with E-state index in [9.17, 15) is 9.59 Å². The molecule has 25 heavy (non-hydrogen) atoms. The van der Waals surface area contributed by atoms with E-state index in [1.54, 1.807) is 50.4 Å². The van der Waals surface area contributed by atoms with Crippen molar-refractivity contribution in [2.45, 2.75) is 13.0 Å². The molecule has 1 N–H and O–H groups in total. The van der Waals surface area contributed by atoms with Crippen molar-refractivity contribution in [2.24, 2.45) is 0 Å². The Balaban J connectivity index is 1.58. The number of benzene rings is 2. The van der Waals surface area contributed by atoms with Crippen LogP contribution >= 0.6 is 0 Å². The van der Waals surface area contributed by atoms with E-state index in [-0.39, 0.29) is 18.6 Å². The topological polar surface area (TPSA) is 77.1 Å². The molecule has 0 saturated heterocycles. The zero-order chi connectivity index (χ0) is 17.6. The van der Waals surface area contributed by atoms with Crippen molar-refractivity contribution in [1.29, 1.82) is 0 Å². The van der Waals surface area contributed by atoms with Crippen molar-refractivity contribution in [3.63, 3.8) is 0 Å². The number of ether oxygens (including phenoxy) is 3. The van der Waals surface area contributed by atoms with Crippen LogP contribution in [-0.2, 0) is 4.79 Å². The summed E-state index contributed by atoms with van der Waals surface area (Å²) in [6, 6.07) is 10.2. The van der Waals surface area contributed by atoms with Gasteiger partial charge in [0.15, 0.2) is 17.6 Å². The summed E-state index contributed by atoms with van der Waals surface area (Å²) in [6.07, 6.45) is -0.536. The molecule has 2 heterocycles. The molecule has 2 aliphatic heterocycles. The SMILES string of the molecule is CC1Oc2ccc(C(=O)Nc3ccc4c(c3)OCO4)cc2N(C)C1=O. The van der Waals surface area contributed by atoms with Crippen LogP contribution in [0.1, 0.15) is 17.3 Å². The number of rotatable bonds is 2. The predicted molar refractivity (Wildman–Crippen MR) is 90.5 cm³/mol. The maximum Gasteiger partial charge on any atom is 0.267 e. The van der Waals surface area contributed by atoms with Gasteiger partial charge in [0.2, 0.25) is 6.79 Å². The Kier molecular flexibility index (Phi) is 3.49. The lowest BCUT2D eigenvalue weighted by Crippen LogP contribution is -2.42. The Bertz CT molecular complexity index is 880. The molecule has 0 radical (unpaired) electrons. The monoisotopic (exact) mass is 340 g/mol. The lowest BCUT2D eigenvalue weighted by molar-refractivity contribution is -0.125. The zero-order valence-electron chi connectivity index (χ0n) is 13.7. The van der Waals surface area contributed by atoms with Gasteiger partial charge in [-0.2, -0.15) is 0 Å². The first-order chi connectivity index (χ1) is 12.0. The largest absolute Gasteiger partial charge is 0.479 e. The summed E-state index contributed by atoms with van der Waals surface area (Å²) in [5.41, 5.74) is 1.59. The summed E-state index contributed by atoms with van der Waals surface area (Å²) in [4.78, 5) is 26.1. The molecule has 0 aromatic heterocycles. The highest BCUT2D eigenvalue weighted by atomic mass is 16.7. The second kappa shape index (κ2) is 5.70. The van der Waals surface area contributed by atoms with Crippen LogP contribution in [0.5, 0.6) is 17.2 Å². The molecular weight excluding hydrogens is 324 g/mol. The number of carbonyl (C=O) groups excluding carboxylic acids is 2. The first-order valence-corrected chi connectivity index (χ1v) is 7.82. The molecule has 1 atom stereocenters. The van der Waals surface area contributed by atoms with Crippen molar-refractivity contribution >= 4 is 23.2 Å². The number of carbonyl (C=O) groups is 2. The number of fused-ring (bicyclic) bond motifs is 2. The van der Waals surface area contributed by atoms with E-state index in [1.807, 2.05) is 0 Å². The fourth-order valence-corrected chi connectivity index (χ4v) is 2.83. The third-order valence-corrected chi connectivity index (χ3v) is 4.20. The van der Waals surface area contributed by atoms with Crippen molar-refractivity contribution in [3.05, 3.63) is 42.0 Å². The van der Waals surface area contributed by atoms with Crippen molar-refractivity contribution in [3.8, 4) is 17.2 Å². The molecule has 4 rings (SSSR count). The van der Waals surface area contributed by atoms with E-state index >= 15 is 0 Å². The van der Waals surface area contributed by atoms with E-state index in [0.717, 1.165) is 0 Å². The van der Waals surface area contributed by atoms with Gasteiger partial charge in [-0.1, -0.05) is 0 Å². The third-order valence-electron chi connectivity index (χ3n) is 4.20. The fourth-order valence-electron chi connectivity index (χ4n) is 2.83. The van der Waals surface area contributed by atoms with Crippen LogP contribution in [0, 0.1) is 0 Å². The third kappa shape index (κ3) is 2.63. The van der Waals surface area contributed by atoms with Crippen LogP contribution in [0.3, 0.4) is 0 Å². The van der Waals surface area contributed by atoms with Gasteiger partial charge in [-0.15, -0.1) is 0 Å². The standard InChI is InChI=1S/C18H16N2O5/c1-10-18(22)20(2)13-7-11(3-5-14(13)25-10)17(21)19-12-4-6-15-16(8-12)24-9-23-15/h3-8,10H,9H2,1-2H3,(H,19,21). The van der Waals surface area contributed by atoms with Gasteiger partial charge in [0, 0.05) is 24.4 Å². The van der Waals surface area contributed by atoms with Crippen LogP contribution < -0.4 is 24.4 Å². The minimum atomic E-state index is -0.536. The Morgan fingerprint density at radius 3 is 2.72 bits per heavy atom. The first-order valence-electron chi connectivity index (χ1n) is 7.82. The number of likely N-dealkylation sites (N-methyl/N-ethyl adjacent to an activating group) is 1. The normalized spacial score (nSPS) is 17.8. The summed E-state index contributed by atoms with van der Waals surface area (Å²) in [5.74, 6) is 1.38. The highest BCUT2D eigenvalue weighted by Crippen LogP contribution is 2.36. The predicted octanol–water partition coefficient (Wildman–Crippen LogP) is 2.41. The van der Waals surface area contributed by atoms with Gasteiger partial charge in [-0.05, 0) is 37.3 Å². The summed E-state index contributed by atoms with van der Waals surface area (Å²) < 4.78 is 16.1. The molecule has 2 aliphatic rings. The molecule has 2 amide bonds. The number of nitrogens with zero attached hydrogens (tertiary/aromatic N) is 1. The first kappa shape index (κ1) is 15.3. The smallest absolute Gasteiger partial charge is 0.267 e. The number of amides is 2. The Morgan fingerprint density at radius 1 is 1.12 bits per heavy atom. The molecule has 0 saturated carbocycles. The maximum absolute atomic E-state index is 12.5. The lowest BCUT2D eigenvalue weighted by atomic mass is 10.1. The van der Waals surface area contributed by atoms with Gasteiger partial charge in [0.05, 0.1) is 5.69 Å². The van der Waals surface area contributed by atoms with Gasteiger partial charge in [-0.25, -0.2) is 0 Å². The highest BCUT2D eigenvalue weighted by molar-refractivity contribution is 6.07. The average molecular weight is 340 g/mol. The van der Waals surface area contributed by atoms with Crippen LogP contribution in [0.25, 0.3) is 0 Å². The Labute approximate surface area is 144 Å². The summed E-state index contributed by atoms with van der Waals surface area (Å²) in [5, 5.41) is 2.81. The molecule has 128 valence electrons. The Morgan fingerprint density at radius 2 is 1.88 bits per heavy atom. The molecule has 2 aromatic rings. The summed E-state index contributed by atoms with van der Waals surface area (Å²) in [6.45, 7) is 1.87. The number of nitrogens with one attached hydrogen (secondary N) is 1. The summed E-state index contributed by atoms with van der Waals surface area (Å²) >= 11 is 0.